The Morgan fingerprint density at radius 1 is 1.04 bits per heavy atom. The van der Waals surface area contributed by atoms with Crippen molar-refractivity contribution >= 4 is 5.91 Å². The second-order valence-electron chi connectivity index (χ2n) is 7.00. The Bertz CT molecular complexity index is 669. The van der Waals surface area contributed by atoms with E-state index in [1.165, 1.54) is 11.1 Å². The molecule has 128 valence electrons. The number of ether oxygens (including phenoxy) is 1. The average molecular weight is 325 g/mol. The van der Waals surface area contributed by atoms with Crippen molar-refractivity contribution in [1.82, 2.24) is 5.32 Å². The van der Waals surface area contributed by atoms with Crippen LogP contribution in [-0.4, -0.2) is 19.6 Å². The standard InChI is InChI=1S/C21H27NO2/c1-21(2,3)18-13-11-17(12-14-18)20(23)22-15-7-9-16-8-5-6-10-19(16)24-4/h5-6,8,10-14H,7,9,15H2,1-4H3,(H,22,23). The topological polar surface area (TPSA) is 38.3 Å². The lowest BCUT2D eigenvalue weighted by atomic mass is 9.87. The Morgan fingerprint density at radius 2 is 1.71 bits per heavy atom. The first-order valence-electron chi connectivity index (χ1n) is 8.42. The Labute approximate surface area is 145 Å². The van der Waals surface area contributed by atoms with E-state index in [-0.39, 0.29) is 11.3 Å². The molecular formula is C21H27NO2. The Morgan fingerprint density at radius 3 is 2.33 bits per heavy atom. The lowest BCUT2D eigenvalue weighted by Crippen LogP contribution is -2.25. The summed E-state index contributed by atoms with van der Waals surface area (Å²) in [4.78, 5) is 12.2. The van der Waals surface area contributed by atoms with Gasteiger partial charge < -0.3 is 10.1 Å². The van der Waals surface area contributed by atoms with Gasteiger partial charge in [-0.2, -0.15) is 0 Å². The molecule has 0 saturated heterocycles. The quantitative estimate of drug-likeness (QED) is 0.802. The number of rotatable bonds is 6. The molecule has 0 spiro atoms. The van der Waals surface area contributed by atoms with Gasteiger partial charge in [0.2, 0.25) is 0 Å². The molecule has 0 aliphatic heterocycles. The van der Waals surface area contributed by atoms with E-state index in [2.05, 4.69) is 32.2 Å². The van der Waals surface area contributed by atoms with E-state index < -0.39 is 0 Å². The van der Waals surface area contributed by atoms with Crippen molar-refractivity contribution in [2.24, 2.45) is 0 Å². The van der Waals surface area contributed by atoms with Crippen LogP contribution in [0.4, 0.5) is 0 Å². The average Bonchev–Trinajstić information content (AvgIpc) is 2.58. The number of carbonyl (C=O) groups is 1. The van der Waals surface area contributed by atoms with Gasteiger partial charge in [0.1, 0.15) is 5.75 Å². The van der Waals surface area contributed by atoms with Gasteiger partial charge in [0, 0.05) is 12.1 Å². The molecule has 0 aliphatic rings. The molecule has 0 unspecified atom stereocenters. The first-order chi connectivity index (χ1) is 11.4. The molecule has 2 rings (SSSR count). The zero-order valence-electron chi connectivity index (χ0n) is 15.1. The van der Waals surface area contributed by atoms with Gasteiger partial charge in [-0.25, -0.2) is 0 Å². The first-order valence-corrected chi connectivity index (χ1v) is 8.42. The van der Waals surface area contributed by atoms with E-state index in [0.29, 0.717) is 12.1 Å². The molecule has 24 heavy (non-hydrogen) atoms. The van der Waals surface area contributed by atoms with Gasteiger partial charge in [-0.3, -0.25) is 4.79 Å². The third kappa shape index (κ3) is 4.85. The van der Waals surface area contributed by atoms with Crippen molar-refractivity contribution in [1.29, 1.82) is 0 Å². The summed E-state index contributed by atoms with van der Waals surface area (Å²) in [5, 5.41) is 2.99. The van der Waals surface area contributed by atoms with Crippen molar-refractivity contribution in [3.8, 4) is 5.75 Å². The Hall–Kier alpha value is -2.29. The predicted octanol–water partition coefficient (Wildman–Crippen LogP) is 4.36. The molecule has 3 nitrogen and oxygen atoms in total. The van der Waals surface area contributed by atoms with Crippen molar-refractivity contribution < 1.29 is 9.53 Å². The molecule has 1 amide bonds. The summed E-state index contributed by atoms with van der Waals surface area (Å²) in [5.74, 6) is 0.886. The van der Waals surface area contributed by atoms with Gasteiger partial charge >= 0.3 is 0 Å². The third-order valence-electron chi connectivity index (χ3n) is 4.11. The molecule has 2 aromatic carbocycles. The van der Waals surface area contributed by atoms with Crippen LogP contribution in [-0.2, 0) is 11.8 Å². The van der Waals surface area contributed by atoms with Crippen LogP contribution in [0.15, 0.2) is 48.5 Å². The molecule has 0 aliphatic carbocycles. The van der Waals surface area contributed by atoms with Gasteiger partial charge in [0.25, 0.3) is 5.91 Å². The summed E-state index contributed by atoms with van der Waals surface area (Å²) in [5.41, 5.74) is 3.21. The lowest BCUT2D eigenvalue weighted by Gasteiger charge is -2.19. The second kappa shape index (κ2) is 8.00. The minimum atomic E-state index is -0.0181. The van der Waals surface area contributed by atoms with Crippen LogP contribution in [0.5, 0.6) is 5.75 Å². The fraction of sp³-hybridized carbons (Fsp3) is 0.381. The Balaban J connectivity index is 1.83. The van der Waals surface area contributed by atoms with Gasteiger partial charge in [-0.05, 0) is 47.6 Å². The number of methoxy groups -OCH3 is 1. The molecule has 0 saturated carbocycles. The highest BCUT2D eigenvalue weighted by molar-refractivity contribution is 5.94. The van der Waals surface area contributed by atoms with E-state index in [4.69, 9.17) is 4.74 Å². The van der Waals surface area contributed by atoms with Crippen LogP contribution in [0.25, 0.3) is 0 Å². The lowest BCUT2D eigenvalue weighted by molar-refractivity contribution is 0.0953. The summed E-state index contributed by atoms with van der Waals surface area (Å²) in [6.07, 6.45) is 1.76. The summed E-state index contributed by atoms with van der Waals surface area (Å²) >= 11 is 0. The van der Waals surface area contributed by atoms with Crippen LogP contribution in [0.1, 0.15) is 48.7 Å². The molecule has 0 radical (unpaired) electrons. The maximum Gasteiger partial charge on any atom is 0.251 e. The zero-order valence-corrected chi connectivity index (χ0v) is 15.1. The number of hydrogen-bond acceptors (Lipinski definition) is 2. The van der Waals surface area contributed by atoms with Crippen LogP contribution in [0.3, 0.4) is 0 Å². The fourth-order valence-electron chi connectivity index (χ4n) is 2.61. The molecule has 0 atom stereocenters. The number of carbonyl (C=O) groups excluding carboxylic acids is 1. The minimum Gasteiger partial charge on any atom is -0.496 e. The summed E-state index contributed by atoms with van der Waals surface area (Å²) in [7, 11) is 1.68. The van der Waals surface area contributed by atoms with Crippen molar-refractivity contribution in [3.05, 3.63) is 65.2 Å². The molecule has 3 heteroatoms. The largest absolute Gasteiger partial charge is 0.496 e. The van der Waals surface area contributed by atoms with Gasteiger partial charge in [0.15, 0.2) is 0 Å². The van der Waals surface area contributed by atoms with Crippen molar-refractivity contribution in [2.45, 2.75) is 39.0 Å². The monoisotopic (exact) mass is 325 g/mol. The number of nitrogens with one attached hydrogen (secondary N) is 1. The summed E-state index contributed by atoms with van der Waals surface area (Å²) in [6, 6.07) is 15.9. The van der Waals surface area contributed by atoms with E-state index in [1.807, 2.05) is 42.5 Å². The normalized spacial score (nSPS) is 11.2. The van der Waals surface area contributed by atoms with E-state index in [0.717, 1.165) is 18.6 Å². The van der Waals surface area contributed by atoms with E-state index in [9.17, 15) is 4.79 Å². The molecule has 1 N–H and O–H groups in total. The minimum absolute atomic E-state index is 0.0181. The van der Waals surface area contributed by atoms with Gasteiger partial charge in [0.05, 0.1) is 7.11 Å². The molecule has 0 heterocycles. The SMILES string of the molecule is COc1ccccc1CCCNC(=O)c1ccc(C(C)(C)C)cc1. The van der Waals surface area contributed by atoms with Crippen molar-refractivity contribution in [3.63, 3.8) is 0 Å². The number of para-hydroxylation sites is 1. The molecule has 0 fully saturated rings. The highest BCUT2D eigenvalue weighted by Gasteiger charge is 2.14. The first kappa shape index (κ1) is 18.1. The highest BCUT2D eigenvalue weighted by atomic mass is 16.5. The highest BCUT2D eigenvalue weighted by Crippen LogP contribution is 2.22. The smallest absolute Gasteiger partial charge is 0.251 e. The van der Waals surface area contributed by atoms with Gasteiger partial charge in [-0.1, -0.05) is 51.1 Å². The molecule has 0 bridgehead atoms. The molecule has 0 aromatic heterocycles. The molecular weight excluding hydrogens is 298 g/mol. The number of aryl methyl sites for hydroxylation is 1. The van der Waals surface area contributed by atoms with E-state index in [1.54, 1.807) is 7.11 Å². The summed E-state index contributed by atoms with van der Waals surface area (Å²) in [6.45, 7) is 7.15. The van der Waals surface area contributed by atoms with Crippen LogP contribution < -0.4 is 10.1 Å². The van der Waals surface area contributed by atoms with Crippen LogP contribution in [0.2, 0.25) is 0 Å². The maximum absolute atomic E-state index is 12.2. The molecule has 2 aromatic rings. The zero-order chi connectivity index (χ0) is 17.6. The van der Waals surface area contributed by atoms with Crippen LogP contribution in [0, 0.1) is 0 Å². The predicted molar refractivity (Wildman–Crippen MR) is 98.8 cm³/mol. The van der Waals surface area contributed by atoms with Crippen molar-refractivity contribution in [2.75, 3.05) is 13.7 Å². The summed E-state index contributed by atoms with van der Waals surface area (Å²) < 4.78 is 5.34. The number of amides is 1. The number of hydrogen-bond donors (Lipinski definition) is 1. The third-order valence-corrected chi connectivity index (χ3v) is 4.11. The van der Waals surface area contributed by atoms with Crippen LogP contribution >= 0.6 is 0 Å². The maximum atomic E-state index is 12.2. The van der Waals surface area contributed by atoms with Gasteiger partial charge in [-0.15, -0.1) is 0 Å². The Kier molecular flexibility index (Phi) is 6.02. The second-order valence-corrected chi connectivity index (χ2v) is 7.00. The fourth-order valence-corrected chi connectivity index (χ4v) is 2.61. The van der Waals surface area contributed by atoms with E-state index >= 15 is 0 Å². The number of benzene rings is 2.